The molecule has 6 aromatic carbocycles. The Morgan fingerprint density at radius 1 is 0.436 bits per heavy atom. The molecule has 2 aliphatic rings. The second-order valence-corrected chi connectivity index (χ2v) is 20.9. The first kappa shape index (κ1) is 34.6. The molecule has 55 heavy (non-hydrogen) atoms. The number of rotatable bonds is 2. The summed E-state index contributed by atoms with van der Waals surface area (Å²) in [6, 6.07) is 46.9. The standard InChI is InChI=1S/C50H47BN2S2/c1-48(2,3)30-17-22-33(23-18-30)52-39-14-12-15-40-45(39)51(38-29-44-36(28-41(38)52)35-13-10-11-16-42(35)54-44)47-46(37-27-32(50(7,8)9)21-26-43(37)55-47)53(40)34-24-19-31(20-25-34)49(4,5)6/h10-29H,1-9H3. The highest BCUT2D eigenvalue weighted by Crippen LogP contribution is 2.49. The largest absolute Gasteiger partial charge is 0.311 e. The summed E-state index contributed by atoms with van der Waals surface area (Å²) in [5.74, 6) is 0. The second-order valence-electron chi connectivity index (χ2n) is 18.7. The molecule has 0 N–H and O–H groups in total. The Kier molecular flexibility index (Phi) is 7.45. The SMILES string of the molecule is CC(C)(C)c1ccc(N2c3cc4c(cc3B3c5sc6ccc(C(C)(C)C)cc6c5N(c5ccc(C(C)(C)C)cc5)c5cccc2c53)sc2ccccc24)cc1. The van der Waals surface area contributed by atoms with Gasteiger partial charge in [0.15, 0.2) is 0 Å². The lowest BCUT2D eigenvalue weighted by atomic mass is 9.36. The van der Waals surface area contributed by atoms with Crippen LogP contribution >= 0.6 is 22.7 Å². The Balaban J connectivity index is 1.30. The van der Waals surface area contributed by atoms with E-state index < -0.39 is 0 Å². The summed E-state index contributed by atoms with van der Waals surface area (Å²) in [4.78, 5) is 5.14. The van der Waals surface area contributed by atoms with Crippen molar-refractivity contribution < 1.29 is 0 Å². The molecular weight excluding hydrogens is 704 g/mol. The van der Waals surface area contributed by atoms with Crippen molar-refractivity contribution in [3.05, 3.63) is 138 Å². The lowest BCUT2D eigenvalue weighted by Crippen LogP contribution is -2.60. The van der Waals surface area contributed by atoms with Crippen LogP contribution in [-0.4, -0.2) is 6.71 Å². The number of hydrogen-bond acceptors (Lipinski definition) is 4. The van der Waals surface area contributed by atoms with E-state index in [2.05, 4.69) is 193 Å². The van der Waals surface area contributed by atoms with Gasteiger partial charge in [0, 0.05) is 63.5 Å². The van der Waals surface area contributed by atoms with Gasteiger partial charge >= 0.3 is 0 Å². The lowest BCUT2D eigenvalue weighted by Gasteiger charge is -2.43. The molecule has 0 aliphatic carbocycles. The highest BCUT2D eigenvalue weighted by atomic mass is 32.1. The molecule has 2 nitrogen and oxygen atoms in total. The fraction of sp³-hybridized carbons (Fsp3) is 0.240. The minimum absolute atomic E-state index is 0.0369. The molecule has 272 valence electrons. The maximum Gasteiger partial charge on any atom is 0.264 e. The maximum absolute atomic E-state index is 2.59. The summed E-state index contributed by atoms with van der Waals surface area (Å²) in [5, 5.41) is 4.00. The van der Waals surface area contributed by atoms with Crippen LogP contribution in [0.25, 0.3) is 30.3 Å². The molecule has 0 bridgehead atoms. The van der Waals surface area contributed by atoms with Gasteiger partial charge in [0.05, 0.1) is 5.69 Å². The van der Waals surface area contributed by atoms with E-state index in [9.17, 15) is 0 Å². The predicted octanol–water partition coefficient (Wildman–Crippen LogP) is 13.2. The van der Waals surface area contributed by atoms with Gasteiger partial charge in [-0.3, -0.25) is 0 Å². The minimum Gasteiger partial charge on any atom is -0.311 e. The smallest absolute Gasteiger partial charge is 0.264 e. The highest BCUT2D eigenvalue weighted by Gasteiger charge is 2.45. The first-order valence-corrected chi connectivity index (χ1v) is 21.3. The average Bonchev–Trinajstić information content (AvgIpc) is 3.71. The van der Waals surface area contributed by atoms with Crippen molar-refractivity contribution in [3.8, 4) is 0 Å². The molecule has 0 unspecified atom stereocenters. The van der Waals surface area contributed by atoms with E-state index in [1.165, 1.54) is 96.8 Å². The summed E-state index contributed by atoms with van der Waals surface area (Å²) >= 11 is 3.90. The molecule has 5 heteroatoms. The number of fused-ring (bicyclic) bond motifs is 9. The van der Waals surface area contributed by atoms with E-state index in [1.54, 1.807) is 0 Å². The van der Waals surface area contributed by atoms with E-state index in [0.717, 1.165) is 0 Å². The van der Waals surface area contributed by atoms with Gasteiger partial charge in [-0.05, 0) is 111 Å². The van der Waals surface area contributed by atoms with Gasteiger partial charge in [0.25, 0.3) is 6.71 Å². The van der Waals surface area contributed by atoms with Crippen molar-refractivity contribution in [2.24, 2.45) is 0 Å². The van der Waals surface area contributed by atoms with E-state index in [4.69, 9.17) is 0 Å². The summed E-state index contributed by atoms with van der Waals surface area (Å²) in [6.45, 7) is 20.9. The summed E-state index contributed by atoms with van der Waals surface area (Å²) in [6.07, 6.45) is 0. The van der Waals surface area contributed by atoms with Crippen LogP contribution in [-0.2, 0) is 16.2 Å². The quantitative estimate of drug-likeness (QED) is 0.162. The van der Waals surface area contributed by atoms with E-state index in [-0.39, 0.29) is 23.0 Å². The second kappa shape index (κ2) is 11.8. The molecule has 4 heterocycles. The normalized spacial score (nSPS) is 14.2. The van der Waals surface area contributed by atoms with Gasteiger partial charge in [-0.1, -0.05) is 117 Å². The van der Waals surface area contributed by atoms with Crippen LogP contribution in [0.3, 0.4) is 0 Å². The average molecular weight is 751 g/mol. The molecule has 0 spiro atoms. The summed E-state index contributed by atoms with van der Waals surface area (Å²) in [7, 11) is 0. The van der Waals surface area contributed by atoms with Crippen molar-refractivity contribution >= 4 is 109 Å². The Morgan fingerprint density at radius 2 is 1.00 bits per heavy atom. The topological polar surface area (TPSA) is 6.48 Å². The molecule has 8 aromatic rings. The van der Waals surface area contributed by atoms with Crippen LogP contribution in [0.2, 0.25) is 0 Å². The molecule has 10 rings (SSSR count). The third-order valence-corrected chi connectivity index (χ3v) is 14.3. The molecule has 2 aromatic heterocycles. The highest BCUT2D eigenvalue weighted by molar-refractivity contribution is 7.34. The van der Waals surface area contributed by atoms with E-state index in [0.29, 0.717) is 0 Å². The van der Waals surface area contributed by atoms with Crippen LogP contribution in [0.4, 0.5) is 34.1 Å². The number of hydrogen-bond donors (Lipinski definition) is 0. The Labute approximate surface area is 334 Å². The fourth-order valence-electron chi connectivity index (χ4n) is 8.87. The fourth-order valence-corrected chi connectivity index (χ4v) is 11.3. The van der Waals surface area contributed by atoms with Crippen LogP contribution in [0.5, 0.6) is 0 Å². The van der Waals surface area contributed by atoms with Gasteiger partial charge in [-0.15, -0.1) is 22.7 Å². The monoisotopic (exact) mass is 750 g/mol. The first-order chi connectivity index (χ1) is 26.2. The van der Waals surface area contributed by atoms with Crippen molar-refractivity contribution in [1.82, 2.24) is 0 Å². The summed E-state index contributed by atoms with van der Waals surface area (Å²) < 4.78 is 5.45. The molecule has 0 saturated carbocycles. The van der Waals surface area contributed by atoms with Crippen LogP contribution in [0.1, 0.15) is 79.0 Å². The van der Waals surface area contributed by atoms with Crippen LogP contribution < -0.4 is 25.5 Å². The van der Waals surface area contributed by atoms with Crippen molar-refractivity contribution in [2.75, 3.05) is 9.80 Å². The molecule has 0 fully saturated rings. The zero-order valence-electron chi connectivity index (χ0n) is 33.3. The number of benzene rings is 6. The molecular formula is C50H47BN2S2. The number of nitrogens with zero attached hydrogens (tertiary/aromatic N) is 2. The number of anilines is 6. The zero-order valence-corrected chi connectivity index (χ0v) is 35.0. The third-order valence-electron chi connectivity index (χ3n) is 11.9. The van der Waals surface area contributed by atoms with Crippen molar-refractivity contribution in [3.63, 3.8) is 0 Å². The van der Waals surface area contributed by atoms with Gasteiger partial charge in [0.1, 0.15) is 0 Å². The maximum atomic E-state index is 2.59. The Hall–Kier alpha value is -4.84. The Morgan fingerprint density at radius 3 is 1.64 bits per heavy atom. The van der Waals surface area contributed by atoms with Gasteiger partial charge < -0.3 is 9.80 Å². The minimum atomic E-state index is 0.0369. The molecule has 2 aliphatic heterocycles. The third kappa shape index (κ3) is 5.34. The molecule has 0 amide bonds. The van der Waals surface area contributed by atoms with Crippen molar-refractivity contribution in [1.29, 1.82) is 0 Å². The molecule has 0 radical (unpaired) electrons. The zero-order chi connectivity index (χ0) is 38.2. The summed E-state index contributed by atoms with van der Waals surface area (Å²) in [5.41, 5.74) is 14.5. The lowest BCUT2D eigenvalue weighted by molar-refractivity contribution is 0.590. The Bertz CT molecular complexity index is 2820. The predicted molar refractivity (Wildman–Crippen MR) is 245 cm³/mol. The number of thiophene rings is 2. The van der Waals surface area contributed by atoms with Crippen molar-refractivity contribution in [2.45, 2.75) is 78.6 Å². The van der Waals surface area contributed by atoms with E-state index in [1.807, 2.05) is 22.7 Å². The van der Waals surface area contributed by atoms with E-state index >= 15 is 0 Å². The molecule has 0 saturated heterocycles. The van der Waals surface area contributed by atoms with Crippen LogP contribution in [0.15, 0.2) is 121 Å². The molecule has 0 atom stereocenters. The first-order valence-electron chi connectivity index (χ1n) is 19.6. The van der Waals surface area contributed by atoms with Crippen LogP contribution in [0, 0.1) is 0 Å². The van der Waals surface area contributed by atoms with Gasteiger partial charge in [0.2, 0.25) is 0 Å². The van der Waals surface area contributed by atoms with Gasteiger partial charge in [-0.25, -0.2) is 0 Å². The van der Waals surface area contributed by atoms with Gasteiger partial charge in [-0.2, -0.15) is 0 Å².